The van der Waals surface area contributed by atoms with E-state index < -0.39 is 0 Å². The molecule has 0 fully saturated rings. The van der Waals surface area contributed by atoms with Crippen molar-refractivity contribution < 1.29 is 0 Å². The van der Waals surface area contributed by atoms with Crippen LogP contribution < -0.4 is 4.90 Å². The lowest BCUT2D eigenvalue weighted by Crippen LogP contribution is -2.26. The molecule has 0 aliphatic heterocycles. The third-order valence-electron chi connectivity index (χ3n) is 21.5. The average Bonchev–Trinajstić information content (AvgIpc) is 1.52. The molecule has 0 amide bonds. The van der Waals surface area contributed by atoms with E-state index in [1.165, 1.54) is 156 Å². The quantitative estimate of drug-likeness (QED) is 0.154. The van der Waals surface area contributed by atoms with Crippen molar-refractivity contribution in [2.24, 2.45) is 0 Å². The van der Waals surface area contributed by atoms with Crippen LogP contribution in [0.3, 0.4) is 0 Å². The molecule has 0 saturated heterocycles. The van der Waals surface area contributed by atoms with Crippen LogP contribution in [0.1, 0.15) is 97.2 Å². The van der Waals surface area contributed by atoms with E-state index in [1.807, 2.05) is 0 Å². The first-order valence-corrected chi connectivity index (χ1v) is 31.7. The Labute approximate surface area is 522 Å². The minimum atomic E-state index is -0.387. The number of rotatable bonds is 7. The van der Waals surface area contributed by atoms with E-state index in [-0.39, 0.29) is 21.7 Å². The fourth-order valence-corrected chi connectivity index (χ4v) is 17.1. The molecule has 1 spiro atoms. The van der Waals surface area contributed by atoms with Crippen LogP contribution in [0.4, 0.5) is 17.1 Å². The van der Waals surface area contributed by atoms with Crippen LogP contribution in [0, 0.1) is 0 Å². The highest BCUT2D eigenvalue weighted by molar-refractivity contribution is 6.04. The minimum Gasteiger partial charge on any atom is -0.310 e. The summed E-state index contributed by atoms with van der Waals surface area (Å²) in [6.45, 7) is 14.4. The first-order valence-electron chi connectivity index (χ1n) is 31.7. The summed E-state index contributed by atoms with van der Waals surface area (Å²) in [5.74, 6) is 0. The Morgan fingerprint density at radius 2 is 0.506 bits per heavy atom. The molecular formula is C88H65N. The average molecular weight is 1140 g/mol. The van der Waals surface area contributed by atoms with E-state index in [2.05, 4.69) is 332 Å². The molecule has 18 rings (SSSR count). The molecule has 422 valence electrons. The Morgan fingerprint density at radius 1 is 0.191 bits per heavy atom. The lowest BCUT2D eigenvalue weighted by molar-refractivity contribution is 0.660. The predicted molar refractivity (Wildman–Crippen MR) is 372 cm³/mol. The van der Waals surface area contributed by atoms with Crippen molar-refractivity contribution in [3.8, 4) is 100 Å². The Morgan fingerprint density at radius 3 is 1.01 bits per heavy atom. The summed E-state index contributed by atoms with van der Waals surface area (Å²) in [6.07, 6.45) is 0. The molecule has 5 aliphatic carbocycles. The largest absolute Gasteiger partial charge is 0.310 e. The Kier molecular flexibility index (Phi) is 10.8. The summed E-state index contributed by atoms with van der Waals surface area (Å²) in [5, 5.41) is 0. The third-order valence-corrected chi connectivity index (χ3v) is 21.5. The minimum absolute atomic E-state index is 0.137. The van der Waals surface area contributed by atoms with Gasteiger partial charge in [-0.05, 0) is 216 Å². The van der Waals surface area contributed by atoms with Gasteiger partial charge in [-0.1, -0.05) is 266 Å². The maximum atomic E-state index is 2.50. The van der Waals surface area contributed by atoms with Crippen LogP contribution in [0.5, 0.6) is 0 Å². The van der Waals surface area contributed by atoms with Gasteiger partial charge in [-0.25, -0.2) is 0 Å². The first-order chi connectivity index (χ1) is 43.4. The van der Waals surface area contributed by atoms with Crippen molar-refractivity contribution in [1.29, 1.82) is 0 Å². The van der Waals surface area contributed by atoms with Crippen molar-refractivity contribution in [1.82, 2.24) is 0 Å². The highest BCUT2D eigenvalue weighted by atomic mass is 15.1. The molecule has 13 aromatic rings. The SMILES string of the molecule is CC1(C)c2ccccc2-c2ccc(-c3cc(-c4ccc5c(c4)C(C)(C)c4ccccc4-5)cc(N(c4ccc(-c5ccccc5)cc4)c4ccc(-c5ccc6c(c5)C(C)(C)c5ccc7c(c5-6)-c5ccccc5C75c6ccccc6-c6ccccc65)cc4)c3)cc21. The predicted octanol–water partition coefficient (Wildman–Crippen LogP) is 23.1. The molecule has 0 saturated carbocycles. The van der Waals surface area contributed by atoms with E-state index in [4.69, 9.17) is 0 Å². The van der Waals surface area contributed by atoms with Gasteiger partial charge in [-0.2, -0.15) is 0 Å². The fraction of sp³-hybridized carbons (Fsp3) is 0.114. The highest BCUT2D eigenvalue weighted by Gasteiger charge is 2.53. The van der Waals surface area contributed by atoms with Gasteiger partial charge in [0.2, 0.25) is 0 Å². The monoisotopic (exact) mass is 1140 g/mol. The van der Waals surface area contributed by atoms with E-state index in [9.17, 15) is 0 Å². The van der Waals surface area contributed by atoms with Gasteiger partial charge in [0.05, 0.1) is 5.41 Å². The molecule has 0 atom stereocenters. The van der Waals surface area contributed by atoms with Gasteiger partial charge in [0.25, 0.3) is 0 Å². The second-order valence-corrected chi connectivity index (χ2v) is 27.1. The second-order valence-electron chi connectivity index (χ2n) is 27.1. The molecule has 1 nitrogen and oxygen atoms in total. The van der Waals surface area contributed by atoms with Gasteiger partial charge in [-0.3, -0.25) is 0 Å². The van der Waals surface area contributed by atoms with Crippen molar-refractivity contribution in [3.05, 3.63) is 341 Å². The second kappa shape index (κ2) is 18.6. The van der Waals surface area contributed by atoms with Crippen LogP contribution in [0.25, 0.3) is 100 Å². The smallest absolute Gasteiger partial charge is 0.0725 e. The molecule has 0 aromatic heterocycles. The summed E-state index contributed by atoms with van der Waals surface area (Å²) in [5.41, 5.74) is 39.2. The van der Waals surface area contributed by atoms with Crippen molar-refractivity contribution in [2.45, 2.75) is 63.2 Å². The lowest BCUT2D eigenvalue weighted by Gasteiger charge is -2.31. The zero-order valence-corrected chi connectivity index (χ0v) is 51.1. The Balaban J connectivity index is 0.778. The van der Waals surface area contributed by atoms with Crippen molar-refractivity contribution >= 4 is 17.1 Å². The number of anilines is 3. The molecule has 1 heteroatoms. The number of hydrogen-bond donors (Lipinski definition) is 0. The lowest BCUT2D eigenvalue weighted by atomic mass is 9.70. The molecule has 0 N–H and O–H groups in total. The molecule has 5 aliphatic rings. The van der Waals surface area contributed by atoms with Crippen LogP contribution in [0.2, 0.25) is 0 Å². The van der Waals surface area contributed by atoms with Crippen LogP contribution >= 0.6 is 0 Å². The van der Waals surface area contributed by atoms with Crippen molar-refractivity contribution in [3.63, 3.8) is 0 Å². The van der Waals surface area contributed by atoms with Crippen LogP contribution in [-0.2, 0) is 21.7 Å². The molecule has 89 heavy (non-hydrogen) atoms. The molecular weight excluding hydrogens is 1070 g/mol. The molecule has 0 unspecified atom stereocenters. The maximum absolute atomic E-state index is 2.50. The van der Waals surface area contributed by atoms with E-state index in [1.54, 1.807) is 0 Å². The normalized spacial score (nSPS) is 15.2. The van der Waals surface area contributed by atoms with E-state index >= 15 is 0 Å². The number of hydrogen-bond acceptors (Lipinski definition) is 1. The summed E-state index contributed by atoms with van der Waals surface area (Å²) < 4.78 is 0. The van der Waals surface area contributed by atoms with Gasteiger partial charge in [0.1, 0.15) is 0 Å². The summed E-state index contributed by atoms with van der Waals surface area (Å²) >= 11 is 0. The Hall–Kier alpha value is -10.3. The zero-order chi connectivity index (χ0) is 59.7. The first kappa shape index (κ1) is 51.8. The van der Waals surface area contributed by atoms with Gasteiger partial charge in [-0.15, -0.1) is 0 Å². The highest BCUT2D eigenvalue weighted by Crippen LogP contribution is 2.66. The van der Waals surface area contributed by atoms with Crippen LogP contribution in [0.15, 0.2) is 285 Å². The fourth-order valence-electron chi connectivity index (χ4n) is 17.1. The number of nitrogens with zero attached hydrogens (tertiary/aromatic N) is 1. The molecule has 0 heterocycles. The van der Waals surface area contributed by atoms with Gasteiger partial charge in [0.15, 0.2) is 0 Å². The summed E-state index contributed by atoms with van der Waals surface area (Å²) in [7, 11) is 0. The van der Waals surface area contributed by atoms with Gasteiger partial charge >= 0.3 is 0 Å². The standard InChI is InChI=1S/C88H65N/c1-85(2)73-27-15-10-22-65(73)69-43-36-58(52-80(69)85)60-48-61(59-37-44-70-66-23-11-16-28-74(66)86(3,4)81(70)53-59)50-64(49-60)89(62-39-32-55(33-40-62)54-20-8-7-9-21-54)63-41-34-56(35-42-63)57-38-45-72-82(51-57)87(5,6)78-46-47-79-84(83(72)78)71-26-14-19-31-77(71)88(79)75-29-17-12-24-67(75)68-25-13-18-30-76(68)88/h7-53H,1-6H3. The van der Waals surface area contributed by atoms with Crippen LogP contribution in [-0.4, -0.2) is 0 Å². The van der Waals surface area contributed by atoms with Crippen molar-refractivity contribution in [2.75, 3.05) is 4.90 Å². The number of benzene rings is 13. The third kappa shape index (κ3) is 7.19. The topological polar surface area (TPSA) is 3.24 Å². The van der Waals surface area contributed by atoms with E-state index in [0.29, 0.717) is 0 Å². The molecule has 0 bridgehead atoms. The molecule has 0 radical (unpaired) electrons. The van der Waals surface area contributed by atoms with E-state index in [0.717, 1.165) is 17.1 Å². The molecule has 13 aromatic carbocycles. The maximum Gasteiger partial charge on any atom is 0.0725 e. The summed E-state index contributed by atoms with van der Waals surface area (Å²) in [6, 6.07) is 109. The summed E-state index contributed by atoms with van der Waals surface area (Å²) in [4.78, 5) is 2.47. The Bertz CT molecular complexity index is 4970. The van der Waals surface area contributed by atoms with Gasteiger partial charge < -0.3 is 4.90 Å². The van der Waals surface area contributed by atoms with Gasteiger partial charge in [0, 0.05) is 33.3 Å². The zero-order valence-electron chi connectivity index (χ0n) is 51.1. The number of fused-ring (bicyclic) bond motifs is 20.